The zero-order valence-electron chi connectivity index (χ0n) is 11.2. The Labute approximate surface area is 146 Å². The summed E-state index contributed by atoms with van der Waals surface area (Å²) in [6.07, 6.45) is 0. The SMILES string of the molecule is Cc1cc(Br)cc(C)c1NS(=O)(=O)c1ccc(Cl)c(Br)c1. The molecule has 3 nitrogen and oxygen atoms in total. The van der Waals surface area contributed by atoms with Gasteiger partial charge in [0.25, 0.3) is 10.0 Å². The van der Waals surface area contributed by atoms with Crippen LogP contribution in [0.2, 0.25) is 5.02 Å². The molecular weight excluding hydrogens is 441 g/mol. The quantitative estimate of drug-likeness (QED) is 0.687. The van der Waals surface area contributed by atoms with Gasteiger partial charge >= 0.3 is 0 Å². The lowest BCUT2D eigenvalue weighted by Gasteiger charge is -2.14. The van der Waals surface area contributed by atoms with E-state index in [1.165, 1.54) is 12.1 Å². The Morgan fingerprint density at radius 2 is 1.62 bits per heavy atom. The first kappa shape index (κ1) is 16.8. The van der Waals surface area contributed by atoms with Gasteiger partial charge in [-0.2, -0.15) is 0 Å². The number of aryl methyl sites for hydroxylation is 2. The van der Waals surface area contributed by atoms with E-state index in [9.17, 15) is 8.42 Å². The molecule has 0 unspecified atom stereocenters. The van der Waals surface area contributed by atoms with E-state index in [4.69, 9.17) is 11.6 Å². The number of sulfonamides is 1. The average molecular weight is 454 g/mol. The van der Waals surface area contributed by atoms with Gasteiger partial charge in [0, 0.05) is 8.95 Å². The van der Waals surface area contributed by atoms with Crippen molar-refractivity contribution in [2.75, 3.05) is 4.72 Å². The first-order valence-electron chi connectivity index (χ1n) is 5.95. The van der Waals surface area contributed by atoms with E-state index in [-0.39, 0.29) is 4.90 Å². The van der Waals surface area contributed by atoms with E-state index in [1.54, 1.807) is 6.07 Å². The van der Waals surface area contributed by atoms with Gasteiger partial charge in [0.1, 0.15) is 0 Å². The summed E-state index contributed by atoms with van der Waals surface area (Å²) in [5.41, 5.74) is 2.28. The highest BCUT2D eigenvalue weighted by atomic mass is 79.9. The minimum Gasteiger partial charge on any atom is -0.279 e. The summed E-state index contributed by atoms with van der Waals surface area (Å²) in [5.74, 6) is 0. The molecule has 0 spiro atoms. The minimum absolute atomic E-state index is 0.153. The second kappa shape index (κ2) is 6.28. The number of rotatable bonds is 3. The molecule has 7 heteroatoms. The Hall–Kier alpha value is -0.560. The molecule has 1 N–H and O–H groups in total. The van der Waals surface area contributed by atoms with Crippen LogP contribution in [0.4, 0.5) is 5.69 Å². The van der Waals surface area contributed by atoms with E-state index in [2.05, 4.69) is 36.6 Å². The van der Waals surface area contributed by atoms with E-state index < -0.39 is 10.0 Å². The number of hydrogen-bond donors (Lipinski definition) is 1. The van der Waals surface area contributed by atoms with E-state index in [1.807, 2.05) is 26.0 Å². The molecule has 0 saturated heterocycles. The molecule has 0 bridgehead atoms. The highest BCUT2D eigenvalue weighted by molar-refractivity contribution is 9.10. The number of anilines is 1. The lowest BCUT2D eigenvalue weighted by atomic mass is 10.1. The molecule has 0 atom stereocenters. The van der Waals surface area contributed by atoms with Crippen molar-refractivity contribution >= 4 is 59.2 Å². The van der Waals surface area contributed by atoms with Crippen LogP contribution < -0.4 is 4.72 Å². The molecule has 0 amide bonds. The molecule has 0 radical (unpaired) electrons. The monoisotopic (exact) mass is 451 g/mol. The Morgan fingerprint density at radius 3 is 2.14 bits per heavy atom. The van der Waals surface area contributed by atoms with Crippen molar-refractivity contribution in [2.24, 2.45) is 0 Å². The fourth-order valence-electron chi connectivity index (χ4n) is 1.91. The maximum Gasteiger partial charge on any atom is 0.261 e. The normalized spacial score (nSPS) is 11.5. The molecule has 0 fully saturated rings. The van der Waals surface area contributed by atoms with Crippen LogP contribution in [0.1, 0.15) is 11.1 Å². The standard InChI is InChI=1S/C14H12Br2ClNO2S/c1-8-5-10(15)6-9(2)14(8)18-21(19,20)11-3-4-13(17)12(16)7-11/h3-7,18H,1-2H3. The molecule has 0 aliphatic heterocycles. The summed E-state index contributed by atoms with van der Waals surface area (Å²) in [6.45, 7) is 3.71. The van der Waals surface area contributed by atoms with Crippen molar-refractivity contribution in [3.63, 3.8) is 0 Å². The zero-order chi connectivity index (χ0) is 15.8. The van der Waals surface area contributed by atoms with Gasteiger partial charge in [-0.05, 0) is 71.2 Å². The maximum absolute atomic E-state index is 12.5. The third-order valence-corrected chi connectivity index (χ3v) is 5.95. The van der Waals surface area contributed by atoms with Gasteiger partial charge in [0.2, 0.25) is 0 Å². The Bertz CT molecular complexity index is 784. The Kier molecular flexibility index (Phi) is 5.03. The van der Waals surface area contributed by atoms with Crippen molar-refractivity contribution in [3.05, 3.63) is 55.4 Å². The summed E-state index contributed by atoms with van der Waals surface area (Å²) in [5, 5.41) is 0.463. The maximum atomic E-state index is 12.5. The molecule has 0 aromatic heterocycles. The predicted molar refractivity (Wildman–Crippen MR) is 93.6 cm³/mol. The van der Waals surface area contributed by atoms with Gasteiger partial charge < -0.3 is 0 Å². The molecule has 0 aliphatic rings. The van der Waals surface area contributed by atoms with Crippen molar-refractivity contribution in [1.82, 2.24) is 0 Å². The lowest BCUT2D eigenvalue weighted by molar-refractivity contribution is 0.601. The van der Waals surface area contributed by atoms with E-state index in [0.717, 1.165) is 15.6 Å². The van der Waals surface area contributed by atoms with Gasteiger partial charge in [-0.3, -0.25) is 4.72 Å². The van der Waals surface area contributed by atoms with Crippen LogP contribution in [-0.4, -0.2) is 8.42 Å². The number of hydrogen-bond acceptors (Lipinski definition) is 2. The summed E-state index contributed by atoms with van der Waals surface area (Å²) < 4.78 is 29.0. The molecule has 2 rings (SSSR count). The number of nitrogens with one attached hydrogen (secondary N) is 1. The fraction of sp³-hybridized carbons (Fsp3) is 0.143. The van der Waals surface area contributed by atoms with Crippen LogP contribution >= 0.6 is 43.5 Å². The van der Waals surface area contributed by atoms with Crippen LogP contribution in [0, 0.1) is 13.8 Å². The zero-order valence-corrected chi connectivity index (χ0v) is 16.0. The van der Waals surface area contributed by atoms with Crippen molar-refractivity contribution in [3.8, 4) is 0 Å². The summed E-state index contributed by atoms with van der Waals surface area (Å²) in [7, 11) is -3.66. The molecule has 112 valence electrons. The molecule has 0 heterocycles. The summed E-state index contributed by atoms with van der Waals surface area (Å²) in [4.78, 5) is 0.153. The van der Waals surface area contributed by atoms with Gasteiger partial charge in [-0.1, -0.05) is 27.5 Å². The first-order chi connectivity index (χ1) is 9.70. The number of halogens is 3. The van der Waals surface area contributed by atoms with Gasteiger partial charge in [0.05, 0.1) is 15.6 Å². The summed E-state index contributed by atoms with van der Waals surface area (Å²) in [6, 6.07) is 8.22. The van der Waals surface area contributed by atoms with Crippen molar-refractivity contribution in [1.29, 1.82) is 0 Å². The van der Waals surface area contributed by atoms with Crippen molar-refractivity contribution < 1.29 is 8.42 Å². The van der Waals surface area contributed by atoms with Gasteiger partial charge in [-0.25, -0.2) is 8.42 Å². The lowest BCUT2D eigenvalue weighted by Crippen LogP contribution is -2.14. The number of benzene rings is 2. The van der Waals surface area contributed by atoms with E-state index >= 15 is 0 Å². The summed E-state index contributed by atoms with van der Waals surface area (Å²) >= 11 is 12.5. The minimum atomic E-state index is -3.66. The molecule has 21 heavy (non-hydrogen) atoms. The highest BCUT2D eigenvalue weighted by Crippen LogP contribution is 2.29. The largest absolute Gasteiger partial charge is 0.279 e. The Morgan fingerprint density at radius 1 is 1.05 bits per heavy atom. The molecule has 2 aromatic rings. The van der Waals surface area contributed by atoms with Crippen LogP contribution in [0.5, 0.6) is 0 Å². The first-order valence-corrected chi connectivity index (χ1v) is 9.40. The second-order valence-electron chi connectivity index (χ2n) is 4.60. The topological polar surface area (TPSA) is 46.2 Å². The van der Waals surface area contributed by atoms with Gasteiger partial charge in [0.15, 0.2) is 0 Å². The molecule has 0 aliphatic carbocycles. The predicted octanol–water partition coefficient (Wildman–Crippen LogP) is 5.28. The van der Waals surface area contributed by atoms with E-state index in [0.29, 0.717) is 15.2 Å². The fourth-order valence-corrected chi connectivity index (χ4v) is 4.47. The third-order valence-electron chi connectivity index (χ3n) is 2.94. The molecule has 2 aromatic carbocycles. The Balaban J connectivity index is 2.44. The average Bonchev–Trinajstić information content (AvgIpc) is 2.37. The smallest absolute Gasteiger partial charge is 0.261 e. The van der Waals surface area contributed by atoms with Gasteiger partial charge in [-0.15, -0.1) is 0 Å². The molecular formula is C14H12Br2ClNO2S. The van der Waals surface area contributed by atoms with Crippen LogP contribution in [0.3, 0.4) is 0 Å². The second-order valence-corrected chi connectivity index (χ2v) is 8.46. The molecule has 0 saturated carbocycles. The highest BCUT2D eigenvalue weighted by Gasteiger charge is 2.18. The van der Waals surface area contributed by atoms with Crippen LogP contribution in [0.15, 0.2) is 44.2 Å². The third kappa shape index (κ3) is 3.80. The van der Waals surface area contributed by atoms with Crippen LogP contribution in [-0.2, 0) is 10.0 Å². The van der Waals surface area contributed by atoms with Crippen molar-refractivity contribution in [2.45, 2.75) is 18.7 Å². The van der Waals surface area contributed by atoms with Crippen LogP contribution in [0.25, 0.3) is 0 Å².